The quantitative estimate of drug-likeness (QED) is 0.730. The first-order valence-corrected chi connectivity index (χ1v) is 6.00. The average Bonchev–Trinajstić information content (AvgIpc) is 2.60. The van der Waals surface area contributed by atoms with Gasteiger partial charge in [-0.2, -0.15) is 0 Å². The van der Waals surface area contributed by atoms with Crippen LogP contribution in [0.3, 0.4) is 0 Å². The summed E-state index contributed by atoms with van der Waals surface area (Å²) < 4.78 is 0.890. The van der Waals surface area contributed by atoms with Gasteiger partial charge in [0.1, 0.15) is 0 Å². The highest BCUT2D eigenvalue weighted by Gasteiger charge is 2.30. The fourth-order valence-electron chi connectivity index (χ4n) is 1.75. The first-order chi connectivity index (χ1) is 7.61. The number of halogens is 2. The van der Waals surface area contributed by atoms with E-state index in [2.05, 4.69) is 21.9 Å². The van der Waals surface area contributed by atoms with Crippen molar-refractivity contribution in [3.63, 3.8) is 0 Å². The number of hydrogen-bond acceptors (Lipinski definition) is 1. The zero-order chi connectivity index (χ0) is 11.7. The Balaban J connectivity index is 2.32. The van der Waals surface area contributed by atoms with Crippen LogP contribution in [0.1, 0.15) is 6.42 Å². The molecule has 2 rings (SSSR count). The number of carbonyl (C=O) groups excluding carboxylic acids is 1. The SMILES string of the molecule is C#CC1CC(=O)N(c2ccc(Br)cc2Cl)C1. The second-order valence-electron chi connectivity index (χ2n) is 3.67. The molecule has 0 spiro atoms. The van der Waals surface area contributed by atoms with Gasteiger partial charge in [-0.1, -0.05) is 27.5 Å². The molecule has 1 unspecified atom stereocenters. The van der Waals surface area contributed by atoms with Crippen LogP contribution in [0.25, 0.3) is 0 Å². The summed E-state index contributed by atoms with van der Waals surface area (Å²) in [5, 5.41) is 0.556. The van der Waals surface area contributed by atoms with Crippen LogP contribution < -0.4 is 4.90 Å². The Labute approximate surface area is 108 Å². The topological polar surface area (TPSA) is 20.3 Å². The van der Waals surface area contributed by atoms with Crippen molar-refractivity contribution in [2.75, 3.05) is 11.4 Å². The van der Waals surface area contributed by atoms with E-state index in [0.29, 0.717) is 18.0 Å². The highest BCUT2D eigenvalue weighted by atomic mass is 79.9. The summed E-state index contributed by atoms with van der Waals surface area (Å²) >= 11 is 9.42. The summed E-state index contributed by atoms with van der Waals surface area (Å²) in [4.78, 5) is 13.4. The van der Waals surface area contributed by atoms with Crippen LogP contribution in [0.4, 0.5) is 5.69 Å². The Bertz CT molecular complexity index is 480. The van der Waals surface area contributed by atoms with Crippen molar-refractivity contribution in [3.05, 3.63) is 27.7 Å². The molecule has 0 N–H and O–H groups in total. The van der Waals surface area contributed by atoms with Gasteiger partial charge in [0.05, 0.1) is 10.7 Å². The molecular weight excluding hydrogens is 289 g/mol. The zero-order valence-corrected chi connectivity index (χ0v) is 10.8. The molecular formula is C12H9BrClNO. The molecule has 1 atom stereocenters. The van der Waals surface area contributed by atoms with Crippen molar-refractivity contribution >= 4 is 39.1 Å². The van der Waals surface area contributed by atoms with Crippen molar-refractivity contribution in [1.29, 1.82) is 0 Å². The van der Waals surface area contributed by atoms with Crippen LogP contribution in [0.15, 0.2) is 22.7 Å². The van der Waals surface area contributed by atoms with Gasteiger partial charge in [-0.25, -0.2) is 0 Å². The fraction of sp³-hybridized carbons (Fsp3) is 0.250. The minimum absolute atomic E-state index is 0.00721. The minimum atomic E-state index is -0.00721. The molecule has 0 saturated carbocycles. The third kappa shape index (κ3) is 2.09. The van der Waals surface area contributed by atoms with E-state index in [4.69, 9.17) is 18.0 Å². The Morgan fingerprint density at radius 2 is 2.31 bits per heavy atom. The van der Waals surface area contributed by atoms with E-state index in [0.717, 1.165) is 10.2 Å². The molecule has 1 amide bonds. The highest BCUT2D eigenvalue weighted by Crippen LogP contribution is 2.32. The molecule has 0 aromatic heterocycles. The van der Waals surface area contributed by atoms with E-state index < -0.39 is 0 Å². The van der Waals surface area contributed by atoms with Crippen LogP contribution >= 0.6 is 27.5 Å². The lowest BCUT2D eigenvalue weighted by molar-refractivity contribution is -0.117. The molecule has 1 aromatic rings. The number of carbonyl (C=O) groups is 1. The molecule has 1 heterocycles. The molecule has 1 aromatic carbocycles. The van der Waals surface area contributed by atoms with E-state index >= 15 is 0 Å². The highest BCUT2D eigenvalue weighted by molar-refractivity contribution is 9.10. The molecule has 1 aliphatic rings. The molecule has 4 heteroatoms. The maximum absolute atomic E-state index is 11.7. The van der Waals surface area contributed by atoms with Gasteiger partial charge in [0, 0.05) is 23.4 Å². The number of rotatable bonds is 1. The van der Waals surface area contributed by atoms with E-state index in [1.54, 1.807) is 11.0 Å². The third-order valence-corrected chi connectivity index (χ3v) is 3.36. The van der Waals surface area contributed by atoms with Gasteiger partial charge in [-0.05, 0) is 18.2 Å². The third-order valence-electron chi connectivity index (χ3n) is 2.56. The maximum atomic E-state index is 11.7. The summed E-state index contributed by atoms with van der Waals surface area (Å²) in [5.41, 5.74) is 0.729. The number of anilines is 1. The van der Waals surface area contributed by atoms with E-state index in [1.165, 1.54) is 0 Å². The van der Waals surface area contributed by atoms with Crippen LogP contribution in [-0.4, -0.2) is 12.5 Å². The number of benzene rings is 1. The Morgan fingerprint density at radius 1 is 1.56 bits per heavy atom. The van der Waals surface area contributed by atoms with Crippen molar-refractivity contribution < 1.29 is 4.79 Å². The van der Waals surface area contributed by atoms with Crippen LogP contribution in [0, 0.1) is 18.3 Å². The molecule has 82 valence electrons. The standard InChI is InChI=1S/C12H9BrClNO/c1-2-8-5-12(16)15(7-8)11-4-3-9(13)6-10(11)14/h1,3-4,6,8H,5,7H2. The van der Waals surface area contributed by atoms with Gasteiger partial charge in [0.25, 0.3) is 0 Å². The lowest BCUT2D eigenvalue weighted by Crippen LogP contribution is -2.24. The predicted molar refractivity (Wildman–Crippen MR) is 68.4 cm³/mol. The van der Waals surface area contributed by atoms with Crippen molar-refractivity contribution in [1.82, 2.24) is 0 Å². The summed E-state index contributed by atoms with van der Waals surface area (Å²) in [7, 11) is 0. The van der Waals surface area contributed by atoms with E-state index in [-0.39, 0.29) is 11.8 Å². The minimum Gasteiger partial charge on any atom is -0.310 e. The van der Waals surface area contributed by atoms with Crippen LogP contribution in [-0.2, 0) is 4.79 Å². The lowest BCUT2D eigenvalue weighted by atomic mass is 10.1. The molecule has 16 heavy (non-hydrogen) atoms. The van der Waals surface area contributed by atoms with Gasteiger partial charge < -0.3 is 4.90 Å². The summed E-state index contributed by atoms with van der Waals surface area (Å²) in [6, 6.07) is 5.45. The molecule has 1 fully saturated rings. The van der Waals surface area contributed by atoms with Gasteiger partial charge in [-0.3, -0.25) is 4.79 Å². The van der Waals surface area contributed by atoms with Gasteiger partial charge >= 0.3 is 0 Å². The Kier molecular flexibility index (Phi) is 3.22. The van der Waals surface area contributed by atoms with E-state index in [9.17, 15) is 4.79 Å². The smallest absolute Gasteiger partial charge is 0.228 e. The number of amides is 1. The molecule has 0 radical (unpaired) electrons. The second kappa shape index (κ2) is 4.48. The normalized spacial score (nSPS) is 19.9. The summed E-state index contributed by atoms with van der Waals surface area (Å²) in [5.74, 6) is 2.64. The van der Waals surface area contributed by atoms with Crippen LogP contribution in [0.2, 0.25) is 5.02 Å². The van der Waals surface area contributed by atoms with Gasteiger partial charge in [0.15, 0.2) is 0 Å². The first kappa shape index (κ1) is 11.5. The van der Waals surface area contributed by atoms with Crippen molar-refractivity contribution in [2.24, 2.45) is 5.92 Å². The van der Waals surface area contributed by atoms with Crippen molar-refractivity contribution in [3.8, 4) is 12.3 Å². The lowest BCUT2D eigenvalue weighted by Gasteiger charge is -2.17. The molecule has 0 bridgehead atoms. The molecule has 1 saturated heterocycles. The summed E-state index contributed by atoms with van der Waals surface area (Å²) in [6.45, 7) is 0.552. The van der Waals surface area contributed by atoms with Gasteiger partial charge in [0.2, 0.25) is 5.91 Å². The monoisotopic (exact) mass is 297 g/mol. The van der Waals surface area contributed by atoms with Gasteiger partial charge in [-0.15, -0.1) is 12.3 Å². The zero-order valence-electron chi connectivity index (χ0n) is 8.41. The summed E-state index contributed by atoms with van der Waals surface area (Å²) in [6.07, 6.45) is 5.73. The predicted octanol–water partition coefficient (Wildman–Crippen LogP) is 3.09. The molecule has 1 aliphatic heterocycles. The average molecular weight is 299 g/mol. The van der Waals surface area contributed by atoms with Crippen LogP contribution in [0.5, 0.6) is 0 Å². The first-order valence-electron chi connectivity index (χ1n) is 4.83. The number of terminal acetylenes is 1. The maximum Gasteiger partial charge on any atom is 0.228 e. The Hall–Kier alpha value is -0.980. The molecule has 0 aliphatic carbocycles. The Morgan fingerprint density at radius 3 is 2.88 bits per heavy atom. The fourth-order valence-corrected chi connectivity index (χ4v) is 2.53. The van der Waals surface area contributed by atoms with E-state index in [1.807, 2.05) is 12.1 Å². The second-order valence-corrected chi connectivity index (χ2v) is 4.99. The van der Waals surface area contributed by atoms with Crippen molar-refractivity contribution in [2.45, 2.75) is 6.42 Å². The largest absolute Gasteiger partial charge is 0.310 e. The number of nitrogens with zero attached hydrogens (tertiary/aromatic N) is 1. The number of hydrogen-bond donors (Lipinski definition) is 0. The molecule has 2 nitrogen and oxygen atoms in total.